The van der Waals surface area contributed by atoms with Crippen molar-refractivity contribution >= 4 is 48.6 Å². The molecule has 8 heteroatoms. The fourth-order valence-electron chi connectivity index (χ4n) is 1.71. The Morgan fingerprint density at radius 1 is 1.30 bits per heavy atom. The third kappa shape index (κ3) is 3.69. The zero-order valence-electron chi connectivity index (χ0n) is 11.1. The van der Waals surface area contributed by atoms with Gasteiger partial charge in [-0.2, -0.15) is 4.31 Å². The van der Waals surface area contributed by atoms with Crippen molar-refractivity contribution in [2.75, 3.05) is 14.1 Å². The molecule has 0 radical (unpaired) electrons. The number of nitrogens with zero attached hydrogens (tertiary/aromatic N) is 1. The first-order chi connectivity index (χ1) is 9.43. The van der Waals surface area contributed by atoms with Crippen molar-refractivity contribution < 1.29 is 8.42 Å². The first-order valence-electron chi connectivity index (χ1n) is 5.84. The second-order valence-electron chi connectivity index (χ2n) is 4.30. The number of rotatable bonds is 6. The molecule has 2 heterocycles. The van der Waals surface area contributed by atoms with Gasteiger partial charge in [0.25, 0.3) is 0 Å². The van der Waals surface area contributed by atoms with E-state index in [9.17, 15) is 8.42 Å². The van der Waals surface area contributed by atoms with Crippen LogP contribution in [0.3, 0.4) is 0 Å². The molecule has 0 spiro atoms. The summed E-state index contributed by atoms with van der Waals surface area (Å²) in [6, 6.07) is 3.67. The number of thiophene rings is 2. The minimum absolute atomic E-state index is 0.365. The maximum absolute atomic E-state index is 12.5. The number of sulfonamides is 1. The van der Waals surface area contributed by atoms with Gasteiger partial charge in [0.15, 0.2) is 0 Å². The lowest BCUT2D eigenvalue weighted by Crippen LogP contribution is -2.25. The topological polar surface area (TPSA) is 49.4 Å². The summed E-state index contributed by atoms with van der Waals surface area (Å²) in [6.45, 7) is 1.06. The van der Waals surface area contributed by atoms with Gasteiger partial charge in [0.1, 0.15) is 0 Å². The fourth-order valence-corrected chi connectivity index (χ4v) is 5.35. The Morgan fingerprint density at radius 3 is 2.65 bits per heavy atom. The highest BCUT2D eigenvalue weighted by atomic mass is 79.9. The lowest BCUT2D eigenvalue weighted by molar-refractivity contribution is 0.467. The van der Waals surface area contributed by atoms with Crippen LogP contribution in [0, 0.1) is 0 Å². The van der Waals surface area contributed by atoms with Gasteiger partial charge < -0.3 is 5.32 Å². The number of hydrogen-bond donors (Lipinski definition) is 1. The van der Waals surface area contributed by atoms with Crippen molar-refractivity contribution in [3.8, 4) is 0 Å². The van der Waals surface area contributed by atoms with Crippen molar-refractivity contribution in [3.05, 3.63) is 37.1 Å². The van der Waals surface area contributed by atoms with E-state index in [1.54, 1.807) is 29.8 Å². The van der Waals surface area contributed by atoms with E-state index >= 15 is 0 Å². The van der Waals surface area contributed by atoms with Crippen molar-refractivity contribution in [1.82, 2.24) is 9.62 Å². The Morgan fingerprint density at radius 2 is 2.05 bits per heavy atom. The van der Waals surface area contributed by atoms with Gasteiger partial charge in [-0.25, -0.2) is 8.42 Å². The molecule has 0 aromatic carbocycles. The SMILES string of the molecule is CNCc1cc(S(=O)(=O)N(C)Cc2csc(Br)c2)cs1. The molecule has 0 bridgehead atoms. The highest BCUT2D eigenvalue weighted by Crippen LogP contribution is 2.25. The predicted octanol–water partition coefficient (Wildman–Crippen LogP) is 3.11. The number of halogens is 1. The number of hydrogen-bond acceptors (Lipinski definition) is 5. The zero-order valence-corrected chi connectivity index (χ0v) is 15.1. The maximum Gasteiger partial charge on any atom is 0.243 e. The molecule has 110 valence electrons. The van der Waals surface area contributed by atoms with Crippen LogP contribution in [0.25, 0.3) is 0 Å². The van der Waals surface area contributed by atoms with Crippen molar-refractivity contribution in [1.29, 1.82) is 0 Å². The van der Waals surface area contributed by atoms with Gasteiger partial charge in [-0.3, -0.25) is 0 Å². The van der Waals surface area contributed by atoms with Gasteiger partial charge in [0.2, 0.25) is 10.0 Å². The van der Waals surface area contributed by atoms with Crippen LogP contribution in [0.1, 0.15) is 10.4 Å². The van der Waals surface area contributed by atoms with Gasteiger partial charge >= 0.3 is 0 Å². The highest BCUT2D eigenvalue weighted by Gasteiger charge is 2.22. The molecule has 1 N–H and O–H groups in total. The summed E-state index contributed by atoms with van der Waals surface area (Å²) in [5.74, 6) is 0. The van der Waals surface area contributed by atoms with E-state index < -0.39 is 10.0 Å². The monoisotopic (exact) mass is 394 g/mol. The van der Waals surface area contributed by atoms with Crippen LogP contribution < -0.4 is 5.32 Å². The molecular formula is C12H15BrN2O2S3. The molecule has 2 rings (SSSR count). The summed E-state index contributed by atoms with van der Waals surface area (Å²) in [5.41, 5.74) is 0.985. The average Bonchev–Trinajstić information content (AvgIpc) is 2.99. The third-order valence-electron chi connectivity index (χ3n) is 2.72. The summed E-state index contributed by atoms with van der Waals surface area (Å²) in [5, 5.41) is 6.67. The molecule has 20 heavy (non-hydrogen) atoms. The number of nitrogens with one attached hydrogen (secondary N) is 1. The normalized spacial score (nSPS) is 12.2. The second kappa shape index (κ2) is 6.67. The molecular weight excluding hydrogens is 380 g/mol. The minimum atomic E-state index is -3.42. The van der Waals surface area contributed by atoms with Gasteiger partial charge in [-0.1, -0.05) is 0 Å². The zero-order chi connectivity index (χ0) is 14.8. The molecule has 0 aliphatic carbocycles. The second-order valence-corrected chi connectivity index (χ2v) is 9.63. The van der Waals surface area contributed by atoms with Crippen LogP contribution in [0.5, 0.6) is 0 Å². The van der Waals surface area contributed by atoms with Crippen molar-refractivity contribution in [3.63, 3.8) is 0 Å². The van der Waals surface area contributed by atoms with Crippen LogP contribution in [0.2, 0.25) is 0 Å². The molecule has 4 nitrogen and oxygen atoms in total. The first-order valence-corrected chi connectivity index (χ1v) is 9.84. The molecule has 0 saturated heterocycles. The Kier molecular flexibility index (Phi) is 5.38. The first kappa shape index (κ1) is 16.1. The van der Waals surface area contributed by atoms with Gasteiger partial charge in [-0.15, -0.1) is 22.7 Å². The molecule has 2 aromatic rings. The van der Waals surface area contributed by atoms with E-state index in [0.717, 1.165) is 14.2 Å². The fraction of sp³-hybridized carbons (Fsp3) is 0.333. The quantitative estimate of drug-likeness (QED) is 0.818. The van der Waals surface area contributed by atoms with E-state index in [-0.39, 0.29) is 0 Å². The third-order valence-corrected chi connectivity index (χ3v) is 7.14. The van der Waals surface area contributed by atoms with Gasteiger partial charge in [0, 0.05) is 30.4 Å². The highest BCUT2D eigenvalue weighted by molar-refractivity contribution is 9.11. The van der Waals surface area contributed by atoms with Crippen molar-refractivity contribution in [2.24, 2.45) is 0 Å². The smallest absolute Gasteiger partial charge is 0.243 e. The Labute approximate surface area is 135 Å². The predicted molar refractivity (Wildman–Crippen MR) is 87.8 cm³/mol. The summed E-state index contributed by atoms with van der Waals surface area (Å²) < 4.78 is 27.3. The molecule has 0 fully saturated rings. The van der Waals surface area contributed by atoms with Crippen LogP contribution in [0.15, 0.2) is 31.6 Å². The lowest BCUT2D eigenvalue weighted by Gasteiger charge is -2.15. The van der Waals surface area contributed by atoms with Crippen LogP contribution in [-0.4, -0.2) is 26.8 Å². The maximum atomic E-state index is 12.5. The Balaban J connectivity index is 2.15. The summed E-state index contributed by atoms with van der Waals surface area (Å²) in [6.07, 6.45) is 0. The molecule has 0 amide bonds. The molecule has 0 unspecified atom stereocenters. The van der Waals surface area contributed by atoms with E-state index in [0.29, 0.717) is 18.0 Å². The van der Waals surface area contributed by atoms with Crippen LogP contribution >= 0.6 is 38.6 Å². The van der Waals surface area contributed by atoms with E-state index in [4.69, 9.17) is 0 Å². The molecule has 0 atom stereocenters. The largest absolute Gasteiger partial charge is 0.315 e. The Bertz CT molecular complexity index is 678. The van der Waals surface area contributed by atoms with Gasteiger partial charge in [0.05, 0.1) is 8.68 Å². The molecule has 0 aliphatic heterocycles. The Hall–Kier alpha value is -0.250. The van der Waals surface area contributed by atoms with E-state index in [1.165, 1.54) is 15.6 Å². The standard InChI is InChI=1S/C12H15BrN2O2S3/c1-14-5-10-4-11(8-18-10)20(16,17)15(2)6-9-3-12(13)19-7-9/h3-4,7-8,14H,5-6H2,1-2H3. The molecule has 0 saturated carbocycles. The summed E-state index contributed by atoms with van der Waals surface area (Å²) >= 11 is 6.39. The van der Waals surface area contributed by atoms with E-state index in [2.05, 4.69) is 21.2 Å². The average molecular weight is 395 g/mol. The van der Waals surface area contributed by atoms with Gasteiger partial charge in [-0.05, 0) is 46.1 Å². The minimum Gasteiger partial charge on any atom is -0.315 e. The lowest BCUT2D eigenvalue weighted by atomic mass is 10.3. The molecule has 2 aromatic heterocycles. The molecule has 0 aliphatic rings. The summed E-state index contributed by atoms with van der Waals surface area (Å²) in [7, 11) is 0.0291. The van der Waals surface area contributed by atoms with E-state index in [1.807, 2.05) is 18.5 Å². The van der Waals surface area contributed by atoms with Crippen molar-refractivity contribution in [2.45, 2.75) is 18.0 Å². The summed E-state index contributed by atoms with van der Waals surface area (Å²) in [4.78, 5) is 1.38. The van der Waals surface area contributed by atoms with Crippen LogP contribution in [-0.2, 0) is 23.1 Å². The van der Waals surface area contributed by atoms with Crippen LogP contribution in [0.4, 0.5) is 0 Å².